The predicted molar refractivity (Wildman–Crippen MR) is 62.9 cm³/mol. The summed E-state index contributed by atoms with van der Waals surface area (Å²) in [5, 5.41) is 0. The van der Waals surface area contributed by atoms with Crippen molar-refractivity contribution in [2.24, 2.45) is 0 Å². The van der Waals surface area contributed by atoms with Crippen LogP contribution in [0.2, 0.25) is 0 Å². The summed E-state index contributed by atoms with van der Waals surface area (Å²) in [6.45, 7) is 1.38. The van der Waals surface area contributed by atoms with Crippen LogP contribution in [-0.2, 0) is 14.4 Å². The van der Waals surface area contributed by atoms with Gasteiger partial charge in [-0.05, 0) is 18.6 Å². The van der Waals surface area contributed by atoms with Crippen LogP contribution in [0.15, 0.2) is 36.4 Å². The standard InChI is InChI=1S/C9H8O.C4H6O2/c10-8-4-7-9-5-2-1-3-6-9;1-4(6)2-3-5/h1-8H;3H,2H2,1H3/b7-4+;. The monoisotopic (exact) mass is 218 g/mol. The fraction of sp³-hybridized carbons (Fsp3) is 0.154. The molecule has 0 bridgehead atoms. The summed E-state index contributed by atoms with van der Waals surface area (Å²) in [7, 11) is 0. The lowest BCUT2D eigenvalue weighted by Crippen LogP contribution is -1.87. The fourth-order valence-corrected chi connectivity index (χ4v) is 0.832. The first-order valence-electron chi connectivity index (χ1n) is 4.80. The molecule has 1 aromatic carbocycles. The molecule has 0 aromatic heterocycles. The second kappa shape index (κ2) is 9.52. The van der Waals surface area contributed by atoms with Gasteiger partial charge in [0.2, 0.25) is 0 Å². The molecule has 16 heavy (non-hydrogen) atoms. The molecule has 0 saturated heterocycles. The molecule has 0 radical (unpaired) electrons. The Labute approximate surface area is 94.8 Å². The van der Waals surface area contributed by atoms with Gasteiger partial charge >= 0.3 is 0 Å². The zero-order valence-electron chi connectivity index (χ0n) is 9.13. The number of carbonyl (C=O) groups excluding carboxylic acids is 3. The first-order chi connectivity index (χ1) is 7.70. The molecule has 84 valence electrons. The largest absolute Gasteiger partial charge is 0.303 e. The summed E-state index contributed by atoms with van der Waals surface area (Å²) in [4.78, 5) is 29.1. The van der Waals surface area contributed by atoms with Crippen LogP contribution in [0.4, 0.5) is 0 Å². The molecule has 0 atom stereocenters. The van der Waals surface area contributed by atoms with Crippen LogP contribution >= 0.6 is 0 Å². The third-order valence-corrected chi connectivity index (χ3v) is 1.54. The van der Waals surface area contributed by atoms with Gasteiger partial charge in [0.25, 0.3) is 0 Å². The highest BCUT2D eigenvalue weighted by molar-refractivity contribution is 5.87. The van der Waals surface area contributed by atoms with Gasteiger partial charge in [-0.2, -0.15) is 0 Å². The number of carbonyl (C=O) groups is 3. The number of hydrogen-bond acceptors (Lipinski definition) is 3. The maximum absolute atomic E-state index is 9.89. The van der Waals surface area contributed by atoms with E-state index < -0.39 is 0 Å². The molecule has 3 heteroatoms. The van der Waals surface area contributed by atoms with E-state index in [0.717, 1.165) is 11.8 Å². The number of Topliss-reactive ketones (excluding diaryl/α,β-unsaturated/α-hetero) is 1. The molecule has 1 rings (SSSR count). The highest BCUT2D eigenvalue weighted by atomic mass is 16.1. The summed E-state index contributed by atoms with van der Waals surface area (Å²) in [6, 6.07) is 9.70. The van der Waals surface area contributed by atoms with Gasteiger partial charge in [-0.3, -0.25) is 9.59 Å². The zero-order chi connectivity index (χ0) is 12.2. The second-order valence-electron chi connectivity index (χ2n) is 2.98. The molecule has 0 amide bonds. The Hall–Kier alpha value is -2.03. The molecule has 3 nitrogen and oxygen atoms in total. The number of ketones is 1. The van der Waals surface area contributed by atoms with Crippen LogP contribution in [0, 0.1) is 0 Å². The van der Waals surface area contributed by atoms with Crippen molar-refractivity contribution in [2.45, 2.75) is 13.3 Å². The van der Waals surface area contributed by atoms with Gasteiger partial charge in [0, 0.05) is 0 Å². The topological polar surface area (TPSA) is 51.2 Å². The van der Waals surface area contributed by atoms with Crippen molar-refractivity contribution in [1.82, 2.24) is 0 Å². The summed E-state index contributed by atoms with van der Waals surface area (Å²) in [5.74, 6) is -0.0787. The van der Waals surface area contributed by atoms with Gasteiger partial charge < -0.3 is 4.79 Å². The summed E-state index contributed by atoms with van der Waals surface area (Å²) < 4.78 is 0. The van der Waals surface area contributed by atoms with E-state index in [9.17, 15) is 14.4 Å². The van der Waals surface area contributed by atoms with E-state index in [-0.39, 0.29) is 12.2 Å². The van der Waals surface area contributed by atoms with Crippen LogP contribution in [0.1, 0.15) is 18.9 Å². The molecule has 1 aromatic rings. The Morgan fingerprint density at radius 2 is 1.81 bits per heavy atom. The van der Waals surface area contributed by atoms with E-state index in [2.05, 4.69) is 0 Å². The average molecular weight is 218 g/mol. The van der Waals surface area contributed by atoms with Gasteiger partial charge in [0.15, 0.2) is 0 Å². The van der Waals surface area contributed by atoms with E-state index in [1.54, 1.807) is 6.08 Å². The number of hydrogen-bond donors (Lipinski definition) is 0. The van der Waals surface area contributed by atoms with Crippen molar-refractivity contribution in [3.63, 3.8) is 0 Å². The molecule has 0 fully saturated rings. The Bertz CT molecular complexity index is 353. The van der Waals surface area contributed by atoms with Crippen molar-refractivity contribution >= 4 is 24.4 Å². The van der Waals surface area contributed by atoms with Crippen molar-refractivity contribution in [2.75, 3.05) is 0 Å². The fourth-order valence-electron chi connectivity index (χ4n) is 0.832. The molecule has 0 aliphatic heterocycles. The molecule has 0 aliphatic rings. The quantitative estimate of drug-likeness (QED) is 0.441. The Kier molecular flexibility index (Phi) is 8.31. The van der Waals surface area contributed by atoms with Crippen molar-refractivity contribution in [3.8, 4) is 0 Å². The maximum Gasteiger partial charge on any atom is 0.142 e. The van der Waals surface area contributed by atoms with Gasteiger partial charge in [-0.1, -0.05) is 36.4 Å². The van der Waals surface area contributed by atoms with Crippen LogP contribution in [0.3, 0.4) is 0 Å². The number of aldehydes is 2. The average Bonchev–Trinajstić information content (AvgIpc) is 2.28. The molecule has 0 spiro atoms. The number of benzene rings is 1. The Morgan fingerprint density at radius 1 is 1.19 bits per heavy atom. The minimum absolute atomic E-state index is 0.0556. The molecule has 0 heterocycles. The lowest BCUT2D eigenvalue weighted by molar-refractivity contribution is -0.120. The van der Waals surface area contributed by atoms with Crippen LogP contribution in [0.25, 0.3) is 6.08 Å². The van der Waals surface area contributed by atoms with Crippen molar-refractivity contribution in [1.29, 1.82) is 0 Å². The smallest absolute Gasteiger partial charge is 0.142 e. The van der Waals surface area contributed by atoms with Gasteiger partial charge in [0.05, 0.1) is 6.42 Å². The number of rotatable bonds is 4. The van der Waals surface area contributed by atoms with Crippen molar-refractivity contribution in [3.05, 3.63) is 42.0 Å². The molecular weight excluding hydrogens is 204 g/mol. The summed E-state index contributed by atoms with van der Waals surface area (Å²) >= 11 is 0. The SMILES string of the molecule is CC(=O)CC=O.O=C/C=C/c1ccccc1. The molecule has 0 N–H and O–H groups in total. The lowest BCUT2D eigenvalue weighted by Gasteiger charge is -1.86. The second-order valence-corrected chi connectivity index (χ2v) is 2.98. The molecule has 0 unspecified atom stereocenters. The third-order valence-electron chi connectivity index (χ3n) is 1.54. The zero-order valence-corrected chi connectivity index (χ0v) is 9.13. The van der Waals surface area contributed by atoms with Gasteiger partial charge in [-0.25, -0.2) is 0 Å². The minimum atomic E-state index is -0.0787. The van der Waals surface area contributed by atoms with Gasteiger partial charge in [-0.15, -0.1) is 0 Å². The lowest BCUT2D eigenvalue weighted by atomic mass is 10.2. The molecule has 0 aliphatic carbocycles. The van der Waals surface area contributed by atoms with Crippen LogP contribution in [-0.4, -0.2) is 18.4 Å². The van der Waals surface area contributed by atoms with E-state index in [1.807, 2.05) is 30.3 Å². The first kappa shape index (κ1) is 14.0. The first-order valence-corrected chi connectivity index (χ1v) is 4.80. The molecular formula is C13H14O3. The molecule has 0 saturated carbocycles. The number of allylic oxidation sites excluding steroid dienone is 1. The predicted octanol–water partition coefficient (Wildman–Crippen LogP) is 2.06. The maximum atomic E-state index is 9.89. The van der Waals surface area contributed by atoms with Gasteiger partial charge in [0.1, 0.15) is 18.4 Å². The highest BCUT2D eigenvalue weighted by Crippen LogP contribution is 1.99. The Morgan fingerprint density at radius 3 is 2.19 bits per heavy atom. The highest BCUT2D eigenvalue weighted by Gasteiger charge is 1.84. The van der Waals surface area contributed by atoms with Crippen LogP contribution < -0.4 is 0 Å². The Balaban J connectivity index is 0.000000325. The van der Waals surface area contributed by atoms with Crippen molar-refractivity contribution < 1.29 is 14.4 Å². The summed E-state index contributed by atoms with van der Waals surface area (Å²) in [6.07, 6.45) is 4.68. The van der Waals surface area contributed by atoms with E-state index in [4.69, 9.17) is 0 Å². The van der Waals surface area contributed by atoms with E-state index in [0.29, 0.717) is 6.29 Å². The van der Waals surface area contributed by atoms with E-state index >= 15 is 0 Å². The van der Waals surface area contributed by atoms with Crippen LogP contribution in [0.5, 0.6) is 0 Å². The minimum Gasteiger partial charge on any atom is -0.303 e. The third kappa shape index (κ3) is 8.56. The summed E-state index contributed by atoms with van der Waals surface area (Å²) in [5.41, 5.74) is 1.05. The normalized spacial score (nSPS) is 9.06. The van der Waals surface area contributed by atoms with E-state index in [1.165, 1.54) is 13.0 Å².